The molecule has 0 saturated carbocycles. The number of aliphatic hydroxyl groups excluding tert-OH is 1. The van der Waals surface area contributed by atoms with Crippen LogP contribution in [0, 0.1) is 0 Å². The van der Waals surface area contributed by atoms with Gasteiger partial charge in [-0.15, -0.1) is 11.8 Å². The van der Waals surface area contributed by atoms with Crippen LogP contribution in [0.2, 0.25) is 0 Å². The number of aliphatic hydroxyl groups is 1. The minimum atomic E-state index is -1.64. The lowest BCUT2D eigenvalue weighted by atomic mass is 9.99. The van der Waals surface area contributed by atoms with Gasteiger partial charge in [0.2, 0.25) is 11.8 Å². The van der Waals surface area contributed by atoms with E-state index in [1.807, 2.05) is 57.2 Å². The Morgan fingerprint density at radius 1 is 1.09 bits per heavy atom. The fourth-order valence-corrected chi connectivity index (χ4v) is 6.74. The van der Waals surface area contributed by atoms with E-state index < -0.39 is 47.5 Å². The van der Waals surface area contributed by atoms with Crippen LogP contribution in [0.15, 0.2) is 67.0 Å². The largest absolute Gasteiger partial charge is 0.483 e. The van der Waals surface area contributed by atoms with Crippen molar-refractivity contribution in [1.29, 1.82) is 0 Å². The van der Waals surface area contributed by atoms with E-state index in [0.717, 1.165) is 16.3 Å². The molecule has 4 atom stereocenters. The van der Waals surface area contributed by atoms with Gasteiger partial charge in [-0.05, 0) is 51.1 Å². The number of ether oxygens (including phenoxy) is 1. The van der Waals surface area contributed by atoms with Crippen molar-refractivity contribution in [2.75, 3.05) is 30.2 Å². The van der Waals surface area contributed by atoms with Crippen molar-refractivity contribution in [3.05, 3.63) is 72.6 Å². The lowest BCUT2D eigenvalue weighted by Crippen LogP contribution is -2.59. The molecule has 1 aliphatic heterocycles. The average molecular weight is 668 g/mol. The first kappa shape index (κ1) is 35.1. The SMILES string of the molecule is CSC[C@H](NC(=O)COc1cccc2cnccc12)C(=O)N[C@@H](Cc1ccccc1)[C@H](O)C(=O)N1CSC[C@@H]1C(=O)NC(C)(C)C. The average Bonchev–Trinajstić information content (AvgIpc) is 3.53. The van der Waals surface area contributed by atoms with Gasteiger partial charge in [0.25, 0.3) is 11.8 Å². The van der Waals surface area contributed by atoms with Crippen LogP contribution < -0.4 is 20.7 Å². The van der Waals surface area contributed by atoms with Gasteiger partial charge < -0.3 is 30.7 Å². The number of rotatable bonds is 13. The number of nitrogens with zero attached hydrogens (tertiary/aromatic N) is 2. The van der Waals surface area contributed by atoms with Crippen molar-refractivity contribution in [1.82, 2.24) is 25.8 Å². The maximum Gasteiger partial charge on any atom is 0.258 e. The molecule has 3 aromatic rings. The number of aromatic nitrogens is 1. The molecule has 0 unspecified atom stereocenters. The Labute approximate surface area is 277 Å². The molecule has 13 heteroatoms. The van der Waals surface area contributed by atoms with Crippen molar-refractivity contribution in [2.24, 2.45) is 0 Å². The molecule has 0 spiro atoms. The van der Waals surface area contributed by atoms with E-state index in [1.54, 1.807) is 36.8 Å². The van der Waals surface area contributed by atoms with Gasteiger partial charge >= 0.3 is 0 Å². The highest BCUT2D eigenvalue weighted by atomic mass is 32.2. The van der Waals surface area contributed by atoms with Gasteiger partial charge in [0.15, 0.2) is 12.7 Å². The number of fused-ring (bicyclic) bond motifs is 1. The molecule has 0 radical (unpaired) electrons. The normalized spacial score (nSPS) is 16.7. The molecule has 0 bridgehead atoms. The van der Waals surface area contributed by atoms with Crippen molar-refractivity contribution < 1.29 is 29.0 Å². The molecule has 1 aliphatic rings. The monoisotopic (exact) mass is 667 g/mol. The van der Waals surface area contributed by atoms with E-state index in [-0.39, 0.29) is 30.6 Å². The Morgan fingerprint density at radius 2 is 1.85 bits per heavy atom. The van der Waals surface area contributed by atoms with Crippen molar-refractivity contribution >= 4 is 57.9 Å². The predicted octanol–water partition coefficient (Wildman–Crippen LogP) is 2.37. The maximum atomic E-state index is 13.7. The van der Waals surface area contributed by atoms with Crippen LogP contribution in [0.4, 0.5) is 0 Å². The van der Waals surface area contributed by atoms with Gasteiger partial charge in [-0.2, -0.15) is 11.8 Å². The van der Waals surface area contributed by atoms with Gasteiger partial charge in [-0.1, -0.05) is 42.5 Å². The summed E-state index contributed by atoms with van der Waals surface area (Å²) in [5, 5.41) is 21.5. The third kappa shape index (κ3) is 9.60. The number of thioether (sulfide) groups is 2. The molecule has 1 saturated heterocycles. The van der Waals surface area contributed by atoms with E-state index in [9.17, 15) is 24.3 Å². The number of amides is 4. The van der Waals surface area contributed by atoms with Crippen LogP contribution in [0.25, 0.3) is 10.8 Å². The smallest absolute Gasteiger partial charge is 0.258 e. The molecule has 4 N–H and O–H groups in total. The molecular weight excluding hydrogens is 627 g/mol. The standard InChI is InChI=1S/C33H41N5O6S2/c1-33(2,3)37-31(42)26-19-46-20-38(26)32(43)29(40)24(15-21-9-6-5-7-10-21)36-30(41)25(18-45-4)35-28(39)17-44-27-12-8-11-22-16-34-14-13-23(22)27/h5-14,16,24-26,29,40H,15,17-20H2,1-4H3,(H,35,39)(H,36,41)(H,37,42)/t24-,25-,26+,29-/m0/s1. The summed E-state index contributed by atoms with van der Waals surface area (Å²) in [4.78, 5) is 58.7. The predicted molar refractivity (Wildman–Crippen MR) is 181 cm³/mol. The summed E-state index contributed by atoms with van der Waals surface area (Å²) in [5.74, 6) is -0.602. The summed E-state index contributed by atoms with van der Waals surface area (Å²) in [5.41, 5.74) is 0.303. The molecule has 1 aromatic heterocycles. The Bertz CT molecular complexity index is 1510. The van der Waals surface area contributed by atoms with Crippen LogP contribution >= 0.6 is 23.5 Å². The number of benzene rings is 2. The minimum absolute atomic E-state index is 0.151. The van der Waals surface area contributed by atoms with E-state index in [4.69, 9.17) is 4.74 Å². The minimum Gasteiger partial charge on any atom is -0.483 e. The summed E-state index contributed by atoms with van der Waals surface area (Å²) < 4.78 is 5.78. The first-order valence-electron chi connectivity index (χ1n) is 14.9. The molecule has 2 heterocycles. The van der Waals surface area contributed by atoms with Crippen molar-refractivity contribution in [3.8, 4) is 5.75 Å². The zero-order valence-corrected chi connectivity index (χ0v) is 28.0. The Balaban J connectivity index is 1.46. The molecule has 0 aliphatic carbocycles. The number of carbonyl (C=O) groups excluding carboxylic acids is 4. The summed E-state index contributed by atoms with van der Waals surface area (Å²) >= 11 is 2.78. The van der Waals surface area contributed by atoms with Gasteiger partial charge in [0.1, 0.15) is 17.8 Å². The molecule has 11 nitrogen and oxygen atoms in total. The van der Waals surface area contributed by atoms with Gasteiger partial charge in [-0.3, -0.25) is 24.2 Å². The van der Waals surface area contributed by atoms with E-state index in [2.05, 4.69) is 20.9 Å². The summed E-state index contributed by atoms with van der Waals surface area (Å²) in [7, 11) is 0. The topological polar surface area (TPSA) is 150 Å². The Kier molecular flexibility index (Phi) is 12.3. The van der Waals surface area contributed by atoms with Gasteiger partial charge in [-0.25, -0.2) is 0 Å². The second-order valence-corrected chi connectivity index (χ2v) is 13.9. The van der Waals surface area contributed by atoms with Gasteiger partial charge in [0.05, 0.1) is 11.9 Å². The first-order valence-corrected chi connectivity index (χ1v) is 17.5. The van der Waals surface area contributed by atoms with E-state index in [0.29, 0.717) is 11.5 Å². The number of hydrogen-bond donors (Lipinski definition) is 4. The summed E-state index contributed by atoms with van der Waals surface area (Å²) in [6.45, 7) is 5.25. The number of pyridine rings is 1. The first-order chi connectivity index (χ1) is 22.0. The van der Waals surface area contributed by atoms with E-state index in [1.165, 1.54) is 28.4 Å². The van der Waals surface area contributed by atoms with Crippen LogP contribution in [0.3, 0.4) is 0 Å². The number of hydrogen-bond acceptors (Lipinski definition) is 9. The molecule has 4 rings (SSSR count). The summed E-state index contributed by atoms with van der Waals surface area (Å²) in [6.07, 6.45) is 3.67. The molecular formula is C33H41N5O6S2. The lowest BCUT2D eigenvalue weighted by molar-refractivity contribution is -0.147. The second-order valence-electron chi connectivity index (χ2n) is 12.0. The zero-order valence-electron chi connectivity index (χ0n) is 26.4. The molecule has 1 fully saturated rings. The fourth-order valence-electron chi connectivity index (χ4n) is 5.01. The highest BCUT2D eigenvalue weighted by Crippen LogP contribution is 2.25. The highest BCUT2D eigenvalue weighted by Gasteiger charge is 2.41. The van der Waals surface area contributed by atoms with Crippen LogP contribution in [-0.2, 0) is 25.6 Å². The Hall–Kier alpha value is -3.81. The number of carbonyl (C=O) groups is 4. The quantitative estimate of drug-likeness (QED) is 0.216. The Morgan fingerprint density at radius 3 is 2.57 bits per heavy atom. The third-order valence-corrected chi connectivity index (χ3v) is 8.89. The lowest BCUT2D eigenvalue weighted by Gasteiger charge is -2.32. The molecule has 2 aromatic carbocycles. The maximum absolute atomic E-state index is 13.7. The molecule has 46 heavy (non-hydrogen) atoms. The second kappa shape index (κ2) is 16.1. The molecule has 4 amide bonds. The van der Waals surface area contributed by atoms with Crippen LogP contribution in [0.1, 0.15) is 26.3 Å². The third-order valence-electron chi connectivity index (χ3n) is 7.21. The zero-order chi connectivity index (χ0) is 33.3. The van der Waals surface area contributed by atoms with Crippen LogP contribution in [-0.4, -0.2) is 98.6 Å². The fraction of sp³-hybridized carbons (Fsp3) is 0.424. The van der Waals surface area contributed by atoms with Crippen molar-refractivity contribution in [2.45, 2.75) is 57.0 Å². The summed E-state index contributed by atoms with van der Waals surface area (Å²) in [6, 6.07) is 13.7. The van der Waals surface area contributed by atoms with Gasteiger partial charge in [0, 0.05) is 40.2 Å². The van der Waals surface area contributed by atoms with Crippen LogP contribution in [0.5, 0.6) is 5.75 Å². The number of nitrogens with one attached hydrogen (secondary N) is 3. The highest BCUT2D eigenvalue weighted by molar-refractivity contribution is 7.99. The molecule has 246 valence electrons. The van der Waals surface area contributed by atoms with Crippen molar-refractivity contribution in [3.63, 3.8) is 0 Å². The van der Waals surface area contributed by atoms with E-state index >= 15 is 0 Å².